The van der Waals surface area contributed by atoms with E-state index in [-0.39, 0.29) is 4.90 Å². The molecule has 2 aromatic carbocycles. The lowest BCUT2D eigenvalue weighted by Crippen LogP contribution is -2.44. The molecule has 2 rings (SSSR count). The van der Waals surface area contributed by atoms with Crippen molar-refractivity contribution in [2.24, 2.45) is 0 Å². The quantitative estimate of drug-likeness (QED) is 0.714. The lowest BCUT2D eigenvalue weighted by atomic mass is 10.2. The Morgan fingerprint density at radius 1 is 1.16 bits per heavy atom. The summed E-state index contributed by atoms with van der Waals surface area (Å²) in [5.74, 6) is 0.223. The van der Waals surface area contributed by atoms with Gasteiger partial charge in [-0.3, -0.25) is 4.79 Å². The maximum Gasteiger partial charge on any atom is 0.242 e. The fourth-order valence-corrected chi connectivity index (χ4v) is 4.04. The van der Waals surface area contributed by atoms with E-state index in [0.717, 1.165) is 0 Å². The molecule has 1 atom stereocenters. The lowest BCUT2D eigenvalue weighted by molar-refractivity contribution is -0.117. The van der Waals surface area contributed by atoms with Crippen LogP contribution >= 0.6 is 23.4 Å². The third kappa shape index (κ3) is 6.04. The van der Waals surface area contributed by atoms with Crippen molar-refractivity contribution in [1.82, 2.24) is 4.72 Å². The molecule has 5 nitrogen and oxygen atoms in total. The molecule has 2 N–H and O–H groups in total. The Bertz CT molecular complexity index is 814. The SMILES string of the molecule is CSCC[C@H](NS(=O)(=O)c1ccccc1)C(=O)Nc1cccc(Cl)c1. The second-order valence-corrected chi connectivity index (χ2v) is 8.40. The molecule has 0 saturated heterocycles. The van der Waals surface area contributed by atoms with Crippen molar-refractivity contribution in [3.05, 3.63) is 59.6 Å². The summed E-state index contributed by atoms with van der Waals surface area (Å²) in [5, 5.41) is 3.20. The number of rotatable bonds is 8. The highest BCUT2D eigenvalue weighted by molar-refractivity contribution is 7.98. The van der Waals surface area contributed by atoms with Crippen LogP contribution in [0.1, 0.15) is 6.42 Å². The second-order valence-electron chi connectivity index (χ2n) is 5.27. The molecule has 0 aromatic heterocycles. The van der Waals surface area contributed by atoms with Crippen molar-refractivity contribution in [3.8, 4) is 0 Å². The van der Waals surface area contributed by atoms with Crippen molar-refractivity contribution in [1.29, 1.82) is 0 Å². The van der Waals surface area contributed by atoms with E-state index in [0.29, 0.717) is 22.9 Å². The molecule has 0 fully saturated rings. The summed E-state index contributed by atoms with van der Waals surface area (Å²) >= 11 is 7.45. The van der Waals surface area contributed by atoms with E-state index < -0.39 is 22.0 Å². The predicted molar refractivity (Wildman–Crippen MR) is 104 cm³/mol. The van der Waals surface area contributed by atoms with Crippen molar-refractivity contribution < 1.29 is 13.2 Å². The zero-order chi connectivity index (χ0) is 18.3. The fourth-order valence-electron chi connectivity index (χ4n) is 2.13. The Labute approximate surface area is 157 Å². The van der Waals surface area contributed by atoms with E-state index >= 15 is 0 Å². The standard InChI is InChI=1S/C17H19ClN2O3S2/c1-24-11-10-16(17(21)19-14-7-5-6-13(18)12-14)20-25(22,23)15-8-3-2-4-9-15/h2-9,12,16,20H,10-11H2,1H3,(H,19,21)/t16-/m0/s1. The number of carbonyl (C=O) groups is 1. The van der Waals surface area contributed by atoms with Crippen molar-refractivity contribution >= 4 is 45.0 Å². The summed E-state index contributed by atoms with van der Waals surface area (Å²) < 4.78 is 27.5. The van der Waals surface area contributed by atoms with Crippen molar-refractivity contribution in [3.63, 3.8) is 0 Å². The smallest absolute Gasteiger partial charge is 0.242 e. The second kappa shape index (κ2) is 9.24. The number of benzene rings is 2. The van der Waals surface area contributed by atoms with Crippen LogP contribution in [0.5, 0.6) is 0 Å². The van der Waals surface area contributed by atoms with Gasteiger partial charge in [-0.15, -0.1) is 0 Å². The Morgan fingerprint density at radius 3 is 2.52 bits per heavy atom. The Balaban J connectivity index is 2.16. The summed E-state index contributed by atoms with van der Waals surface area (Å²) in [6.07, 6.45) is 2.28. The average molecular weight is 399 g/mol. The summed E-state index contributed by atoms with van der Waals surface area (Å²) in [6, 6.07) is 13.8. The minimum atomic E-state index is -3.78. The molecule has 0 saturated carbocycles. The van der Waals surface area contributed by atoms with Gasteiger partial charge >= 0.3 is 0 Å². The monoisotopic (exact) mass is 398 g/mol. The number of nitrogens with one attached hydrogen (secondary N) is 2. The van der Waals surface area contributed by atoms with Gasteiger partial charge in [-0.2, -0.15) is 16.5 Å². The van der Waals surface area contributed by atoms with Gasteiger partial charge in [0.05, 0.1) is 4.90 Å². The summed E-state index contributed by atoms with van der Waals surface area (Å²) in [6.45, 7) is 0. The number of anilines is 1. The largest absolute Gasteiger partial charge is 0.325 e. The normalized spacial score (nSPS) is 12.6. The molecule has 0 aliphatic rings. The number of thioether (sulfide) groups is 1. The first-order valence-corrected chi connectivity index (χ1v) is 10.8. The van der Waals surface area contributed by atoms with Crippen LogP contribution < -0.4 is 10.0 Å². The van der Waals surface area contributed by atoms with E-state index in [2.05, 4.69) is 10.0 Å². The predicted octanol–water partition coefficient (Wildman–Crippen LogP) is 3.38. The van der Waals surface area contributed by atoms with Crippen LogP contribution in [0.2, 0.25) is 5.02 Å². The molecule has 0 bridgehead atoms. The van der Waals surface area contributed by atoms with Gasteiger partial charge in [-0.1, -0.05) is 35.9 Å². The molecule has 8 heteroatoms. The fraction of sp³-hybridized carbons (Fsp3) is 0.235. The van der Waals surface area contributed by atoms with Gasteiger partial charge in [0.2, 0.25) is 15.9 Å². The first-order valence-electron chi connectivity index (χ1n) is 7.55. The molecule has 0 aliphatic heterocycles. The van der Waals surface area contributed by atoms with Crippen molar-refractivity contribution in [2.75, 3.05) is 17.3 Å². The zero-order valence-corrected chi connectivity index (χ0v) is 16.0. The first kappa shape index (κ1) is 19.8. The molecular weight excluding hydrogens is 380 g/mol. The third-order valence-electron chi connectivity index (χ3n) is 3.37. The Hall–Kier alpha value is -1.54. The highest BCUT2D eigenvalue weighted by Crippen LogP contribution is 2.16. The topological polar surface area (TPSA) is 75.3 Å². The van der Waals surface area contributed by atoms with Gasteiger partial charge in [-0.05, 0) is 48.8 Å². The molecule has 1 amide bonds. The number of halogens is 1. The van der Waals surface area contributed by atoms with Crippen LogP contribution in [-0.2, 0) is 14.8 Å². The lowest BCUT2D eigenvalue weighted by Gasteiger charge is -2.18. The third-order valence-corrected chi connectivity index (χ3v) is 5.74. The number of hydrogen-bond acceptors (Lipinski definition) is 4. The Kier molecular flexibility index (Phi) is 7.31. The van der Waals surface area contributed by atoms with Gasteiger partial charge in [0.1, 0.15) is 6.04 Å². The van der Waals surface area contributed by atoms with E-state index in [4.69, 9.17) is 11.6 Å². The number of carbonyl (C=O) groups excluding carboxylic acids is 1. The van der Waals surface area contributed by atoms with E-state index in [1.807, 2.05) is 6.26 Å². The molecule has 0 spiro atoms. The molecule has 0 heterocycles. The van der Waals surface area contributed by atoms with E-state index in [1.165, 1.54) is 12.1 Å². The molecule has 25 heavy (non-hydrogen) atoms. The van der Waals surface area contributed by atoms with Crippen LogP contribution in [0.15, 0.2) is 59.5 Å². The summed E-state index contributed by atoms with van der Waals surface area (Å²) in [7, 11) is -3.78. The molecular formula is C17H19ClN2O3S2. The molecule has 2 aromatic rings. The summed E-state index contributed by atoms with van der Waals surface area (Å²) in [4.78, 5) is 12.7. The number of hydrogen-bond donors (Lipinski definition) is 2. The van der Waals surface area contributed by atoms with E-state index in [9.17, 15) is 13.2 Å². The van der Waals surface area contributed by atoms with Crippen LogP contribution in [0.25, 0.3) is 0 Å². The number of amides is 1. The maximum absolute atomic E-state index is 12.5. The van der Waals surface area contributed by atoms with Crippen LogP contribution in [0, 0.1) is 0 Å². The van der Waals surface area contributed by atoms with Gasteiger partial charge in [-0.25, -0.2) is 8.42 Å². The van der Waals surface area contributed by atoms with Crippen LogP contribution in [-0.4, -0.2) is 32.4 Å². The van der Waals surface area contributed by atoms with Gasteiger partial charge in [0, 0.05) is 10.7 Å². The highest BCUT2D eigenvalue weighted by Gasteiger charge is 2.25. The van der Waals surface area contributed by atoms with E-state index in [1.54, 1.807) is 54.2 Å². The van der Waals surface area contributed by atoms with Crippen LogP contribution in [0.4, 0.5) is 5.69 Å². The maximum atomic E-state index is 12.5. The van der Waals surface area contributed by atoms with Gasteiger partial charge < -0.3 is 5.32 Å². The highest BCUT2D eigenvalue weighted by atomic mass is 35.5. The van der Waals surface area contributed by atoms with Gasteiger partial charge in [0.15, 0.2) is 0 Å². The molecule has 134 valence electrons. The molecule has 0 aliphatic carbocycles. The minimum absolute atomic E-state index is 0.125. The minimum Gasteiger partial charge on any atom is -0.325 e. The van der Waals surface area contributed by atoms with Crippen molar-refractivity contribution in [2.45, 2.75) is 17.4 Å². The molecule has 0 unspecified atom stereocenters. The summed E-state index contributed by atoms with van der Waals surface area (Å²) in [5.41, 5.74) is 0.519. The van der Waals surface area contributed by atoms with Crippen LogP contribution in [0.3, 0.4) is 0 Å². The van der Waals surface area contributed by atoms with Gasteiger partial charge in [0.25, 0.3) is 0 Å². The zero-order valence-electron chi connectivity index (χ0n) is 13.6. The molecule has 0 radical (unpaired) electrons. The number of sulfonamides is 1. The first-order chi connectivity index (χ1) is 11.9. The average Bonchev–Trinajstić information content (AvgIpc) is 2.59. The Morgan fingerprint density at radius 2 is 1.88 bits per heavy atom.